The highest BCUT2D eigenvalue weighted by atomic mass is 79.9. The van der Waals surface area contributed by atoms with E-state index in [1.165, 1.54) is 19.3 Å². The number of nitrogens with one attached hydrogen (secondary N) is 1. The first-order chi connectivity index (χ1) is 6.68. The topological polar surface area (TPSA) is 38.0 Å². The molecule has 0 unspecified atom stereocenters. The molecule has 3 heteroatoms. The number of hydrogen-bond acceptors (Lipinski definition) is 2. The lowest BCUT2D eigenvalue weighted by Gasteiger charge is -2.28. The molecule has 14 heavy (non-hydrogen) atoms. The van der Waals surface area contributed by atoms with Gasteiger partial charge in [0.05, 0.1) is 11.4 Å². The summed E-state index contributed by atoms with van der Waals surface area (Å²) in [4.78, 5) is 0. The van der Waals surface area contributed by atoms with Crippen LogP contribution in [0, 0.1) is 6.92 Å². The predicted molar refractivity (Wildman–Crippen MR) is 64.6 cm³/mol. The van der Waals surface area contributed by atoms with Crippen LogP contribution >= 0.6 is 15.9 Å². The normalized spacial score (nSPS) is 16.4. The number of rotatable bonds is 2. The third-order valence-electron chi connectivity index (χ3n) is 2.91. The second-order valence-electron chi connectivity index (χ2n) is 3.91. The van der Waals surface area contributed by atoms with Crippen LogP contribution in [0.1, 0.15) is 24.8 Å². The summed E-state index contributed by atoms with van der Waals surface area (Å²) in [6.45, 7) is 2.03. The summed E-state index contributed by atoms with van der Waals surface area (Å²) >= 11 is 3.47. The molecule has 3 N–H and O–H groups in total. The monoisotopic (exact) mass is 254 g/mol. The zero-order chi connectivity index (χ0) is 10.1. The van der Waals surface area contributed by atoms with Crippen LogP contribution in [0.4, 0.5) is 11.4 Å². The third-order valence-corrected chi connectivity index (χ3v) is 3.77. The average Bonchev–Trinajstić information content (AvgIpc) is 2.10. The van der Waals surface area contributed by atoms with Crippen LogP contribution in [0.15, 0.2) is 16.6 Å². The predicted octanol–water partition coefficient (Wildman–Crippen LogP) is 3.30. The molecule has 76 valence electrons. The maximum absolute atomic E-state index is 6.02. The van der Waals surface area contributed by atoms with E-state index in [1.807, 2.05) is 19.1 Å². The first-order valence-electron chi connectivity index (χ1n) is 4.99. The highest BCUT2D eigenvalue weighted by Crippen LogP contribution is 2.31. The van der Waals surface area contributed by atoms with Crippen molar-refractivity contribution in [1.82, 2.24) is 0 Å². The average molecular weight is 255 g/mol. The molecule has 2 nitrogen and oxygen atoms in total. The highest BCUT2D eigenvalue weighted by molar-refractivity contribution is 9.10. The molecule has 1 fully saturated rings. The second kappa shape index (κ2) is 3.81. The van der Waals surface area contributed by atoms with Crippen molar-refractivity contribution in [3.63, 3.8) is 0 Å². The van der Waals surface area contributed by atoms with Crippen LogP contribution in [0.2, 0.25) is 0 Å². The first kappa shape index (κ1) is 9.84. The molecule has 0 saturated heterocycles. The summed E-state index contributed by atoms with van der Waals surface area (Å²) in [5, 5.41) is 3.47. The van der Waals surface area contributed by atoms with E-state index in [9.17, 15) is 0 Å². The van der Waals surface area contributed by atoms with Crippen molar-refractivity contribution in [3.05, 3.63) is 22.2 Å². The van der Waals surface area contributed by atoms with E-state index < -0.39 is 0 Å². The number of halogens is 1. The number of nitrogen functional groups attached to an aromatic ring is 1. The Balaban J connectivity index is 2.20. The van der Waals surface area contributed by atoms with Crippen molar-refractivity contribution in [2.45, 2.75) is 32.2 Å². The molecule has 1 aliphatic carbocycles. The van der Waals surface area contributed by atoms with Gasteiger partial charge in [-0.25, -0.2) is 0 Å². The van der Waals surface area contributed by atoms with E-state index in [-0.39, 0.29) is 0 Å². The molecule has 1 aromatic carbocycles. The van der Waals surface area contributed by atoms with Crippen molar-refractivity contribution < 1.29 is 0 Å². The summed E-state index contributed by atoms with van der Waals surface area (Å²) in [7, 11) is 0. The highest BCUT2D eigenvalue weighted by Gasteiger charge is 2.18. The Morgan fingerprint density at radius 2 is 2.14 bits per heavy atom. The zero-order valence-electron chi connectivity index (χ0n) is 8.31. The smallest absolute Gasteiger partial charge is 0.0590 e. The molecular weight excluding hydrogens is 240 g/mol. The minimum atomic E-state index is 0.637. The lowest BCUT2D eigenvalue weighted by molar-refractivity contribution is 0.446. The quantitative estimate of drug-likeness (QED) is 0.795. The summed E-state index contributed by atoms with van der Waals surface area (Å²) in [6, 6.07) is 4.73. The first-order valence-corrected chi connectivity index (χ1v) is 5.79. The number of benzene rings is 1. The van der Waals surface area contributed by atoms with Gasteiger partial charge in [-0.2, -0.15) is 0 Å². The minimum absolute atomic E-state index is 0.637. The van der Waals surface area contributed by atoms with E-state index >= 15 is 0 Å². The van der Waals surface area contributed by atoms with E-state index in [1.54, 1.807) is 0 Å². The molecule has 0 aromatic heterocycles. The van der Waals surface area contributed by atoms with Crippen molar-refractivity contribution in [2.75, 3.05) is 11.1 Å². The van der Waals surface area contributed by atoms with Gasteiger partial charge in [0.25, 0.3) is 0 Å². The fourth-order valence-electron chi connectivity index (χ4n) is 1.60. The minimum Gasteiger partial charge on any atom is -0.397 e. The third kappa shape index (κ3) is 1.73. The van der Waals surface area contributed by atoms with E-state index in [4.69, 9.17) is 5.73 Å². The summed E-state index contributed by atoms with van der Waals surface area (Å²) in [6.07, 6.45) is 3.89. The summed E-state index contributed by atoms with van der Waals surface area (Å²) in [5.74, 6) is 0. The van der Waals surface area contributed by atoms with E-state index in [0.29, 0.717) is 6.04 Å². The van der Waals surface area contributed by atoms with Crippen molar-refractivity contribution in [3.8, 4) is 0 Å². The molecule has 0 bridgehead atoms. The molecule has 0 radical (unpaired) electrons. The Labute approximate surface area is 93.0 Å². The number of anilines is 2. The van der Waals surface area contributed by atoms with Gasteiger partial charge < -0.3 is 11.1 Å². The molecule has 0 atom stereocenters. The maximum atomic E-state index is 6.02. The van der Waals surface area contributed by atoms with Gasteiger partial charge in [0.2, 0.25) is 0 Å². The molecule has 0 spiro atoms. The van der Waals surface area contributed by atoms with Crippen LogP contribution in [-0.2, 0) is 0 Å². The molecule has 2 rings (SSSR count). The maximum Gasteiger partial charge on any atom is 0.0590 e. The lowest BCUT2D eigenvalue weighted by atomic mass is 9.93. The van der Waals surface area contributed by atoms with E-state index in [0.717, 1.165) is 21.4 Å². The van der Waals surface area contributed by atoms with Crippen molar-refractivity contribution >= 4 is 27.3 Å². The molecule has 0 heterocycles. The van der Waals surface area contributed by atoms with Crippen molar-refractivity contribution in [1.29, 1.82) is 0 Å². The SMILES string of the molecule is Cc1c(Br)ccc(NC2CCC2)c1N. The molecule has 1 saturated carbocycles. The van der Waals surface area contributed by atoms with Gasteiger partial charge in [-0.05, 0) is 43.9 Å². The Morgan fingerprint density at radius 3 is 2.71 bits per heavy atom. The van der Waals surface area contributed by atoms with Crippen LogP contribution in [0.25, 0.3) is 0 Å². The van der Waals surface area contributed by atoms with Crippen LogP contribution in [-0.4, -0.2) is 6.04 Å². The molecule has 0 amide bonds. The second-order valence-corrected chi connectivity index (χ2v) is 4.76. The molecule has 0 aliphatic heterocycles. The van der Waals surface area contributed by atoms with Crippen LogP contribution in [0.3, 0.4) is 0 Å². The largest absolute Gasteiger partial charge is 0.397 e. The molecule has 1 aliphatic rings. The van der Waals surface area contributed by atoms with Crippen molar-refractivity contribution in [2.24, 2.45) is 0 Å². The Hall–Kier alpha value is -0.700. The van der Waals surface area contributed by atoms with Gasteiger partial charge in [0.15, 0.2) is 0 Å². The summed E-state index contributed by atoms with van der Waals surface area (Å²) in [5.41, 5.74) is 9.08. The van der Waals surface area contributed by atoms with Gasteiger partial charge in [0.1, 0.15) is 0 Å². The van der Waals surface area contributed by atoms with Gasteiger partial charge >= 0.3 is 0 Å². The fraction of sp³-hybridized carbons (Fsp3) is 0.455. The zero-order valence-corrected chi connectivity index (χ0v) is 9.89. The van der Waals surface area contributed by atoms with Gasteiger partial charge in [-0.15, -0.1) is 0 Å². The Kier molecular flexibility index (Phi) is 2.68. The Bertz CT molecular complexity index is 345. The molecular formula is C11H15BrN2. The van der Waals surface area contributed by atoms with Gasteiger partial charge in [-0.3, -0.25) is 0 Å². The number of hydrogen-bond donors (Lipinski definition) is 2. The van der Waals surface area contributed by atoms with Gasteiger partial charge in [-0.1, -0.05) is 15.9 Å². The van der Waals surface area contributed by atoms with Gasteiger partial charge in [0, 0.05) is 10.5 Å². The van der Waals surface area contributed by atoms with Crippen LogP contribution < -0.4 is 11.1 Å². The van der Waals surface area contributed by atoms with Crippen LogP contribution in [0.5, 0.6) is 0 Å². The fourth-order valence-corrected chi connectivity index (χ4v) is 1.95. The Morgan fingerprint density at radius 1 is 1.43 bits per heavy atom. The lowest BCUT2D eigenvalue weighted by Crippen LogP contribution is -2.27. The summed E-state index contributed by atoms with van der Waals surface area (Å²) < 4.78 is 1.08. The molecule has 1 aromatic rings. The standard InChI is InChI=1S/C11H15BrN2/c1-7-9(12)5-6-10(11(7)13)14-8-3-2-4-8/h5-6,8,14H,2-4,13H2,1H3. The van der Waals surface area contributed by atoms with E-state index in [2.05, 4.69) is 21.2 Å². The number of nitrogens with two attached hydrogens (primary N) is 1.